The van der Waals surface area contributed by atoms with E-state index in [1.165, 1.54) is 0 Å². The van der Waals surface area contributed by atoms with Gasteiger partial charge in [0.15, 0.2) is 0 Å². The van der Waals surface area contributed by atoms with Gasteiger partial charge in [0, 0.05) is 5.56 Å². The highest BCUT2D eigenvalue weighted by molar-refractivity contribution is 6.01. The summed E-state index contributed by atoms with van der Waals surface area (Å²) in [7, 11) is 0. The van der Waals surface area contributed by atoms with Gasteiger partial charge in [-0.1, -0.05) is 0 Å². The topological polar surface area (TPSA) is 118 Å². The Morgan fingerprint density at radius 2 is 2.21 bits per heavy atom. The van der Waals surface area contributed by atoms with Crippen LogP contribution in [0.25, 0.3) is 0 Å². The van der Waals surface area contributed by atoms with Gasteiger partial charge in [-0.2, -0.15) is 5.26 Å². The van der Waals surface area contributed by atoms with Gasteiger partial charge in [0.05, 0.1) is 12.1 Å². The van der Waals surface area contributed by atoms with Crippen LogP contribution in [0, 0.1) is 11.3 Å². The summed E-state index contributed by atoms with van der Waals surface area (Å²) < 4.78 is 0. The molecule has 0 aliphatic carbocycles. The summed E-state index contributed by atoms with van der Waals surface area (Å²) in [5, 5.41) is 11.3. The summed E-state index contributed by atoms with van der Waals surface area (Å²) in [4.78, 5) is 14.9. The van der Waals surface area contributed by atoms with Crippen molar-refractivity contribution in [3.63, 3.8) is 0 Å². The molecule has 6 nitrogen and oxygen atoms in total. The molecule has 0 spiro atoms. The summed E-state index contributed by atoms with van der Waals surface area (Å²) in [6.07, 6.45) is 0.156. The number of hydrogen-bond acceptors (Lipinski definition) is 5. The number of anilines is 3. The first-order chi connectivity index (χ1) is 6.63. The van der Waals surface area contributed by atoms with Gasteiger partial charge in [-0.25, -0.2) is 4.98 Å². The zero-order chi connectivity index (χ0) is 10.3. The Morgan fingerprint density at radius 3 is 2.86 bits per heavy atom. The molecular formula is C8H7N5O. The normalized spacial score (nSPS) is 13.2. The van der Waals surface area contributed by atoms with Crippen LogP contribution in [-0.2, 0) is 11.2 Å². The van der Waals surface area contributed by atoms with Crippen molar-refractivity contribution in [2.75, 3.05) is 16.8 Å². The Bertz CT molecular complexity index is 474. The average Bonchev–Trinajstić information content (AvgIpc) is 2.47. The highest BCUT2D eigenvalue weighted by atomic mass is 16.1. The molecule has 0 radical (unpaired) electrons. The lowest BCUT2D eigenvalue weighted by Crippen LogP contribution is -2.05. The second kappa shape index (κ2) is 2.60. The van der Waals surface area contributed by atoms with Crippen LogP contribution in [0.1, 0.15) is 11.1 Å². The largest absolute Gasteiger partial charge is 0.397 e. The van der Waals surface area contributed by atoms with E-state index in [0.717, 1.165) is 0 Å². The van der Waals surface area contributed by atoms with Crippen LogP contribution in [0.2, 0.25) is 0 Å². The van der Waals surface area contributed by atoms with Crippen LogP contribution < -0.4 is 16.8 Å². The first-order valence-corrected chi connectivity index (χ1v) is 3.91. The molecule has 70 valence electrons. The first-order valence-electron chi connectivity index (χ1n) is 3.91. The van der Waals surface area contributed by atoms with Gasteiger partial charge >= 0.3 is 0 Å². The molecule has 1 aliphatic heterocycles. The number of carbonyl (C=O) groups excluding carboxylic acids is 1. The van der Waals surface area contributed by atoms with E-state index in [0.29, 0.717) is 11.4 Å². The summed E-state index contributed by atoms with van der Waals surface area (Å²) in [5.74, 6) is 0.226. The van der Waals surface area contributed by atoms with Crippen LogP contribution in [0.3, 0.4) is 0 Å². The van der Waals surface area contributed by atoms with E-state index in [1.54, 1.807) is 0 Å². The molecule has 0 unspecified atom stereocenters. The quantitative estimate of drug-likeness (QED) is 0.513. The molecule has 5 N–H and O–H groups in total. The fourth-order valence-corrected chi connectivity index (χ4v) is 1.40. The smallest absolute Gasteiger partial charge is 0.230 e. The highest BCUT2D eigenvalue weighted by Crippen LogP contribution is 2.31. The Kier molecular flexibility index (Phi) is 1.54. The highest BCUT2D eigenvalue weighted by Gasteiger charge is 2.24. The lowest BCUT2D eigenvalue weighted by molar-refractivity contribution is -0.115. The molecule has 0 atom stereocenters. The maximum absolute atomic E-state index is 11.0. The van der Waals surface area contributed by atoms with Crippen molar-refractivity contribution in [1.29, 1.82) is 5.26 Å². The van der Waals surface area contributed by atoms with Crippen molar-refractivity contribution in [1.82, 2.24) is 4.98 Å². The number of fused-ring (bicyclic) bond motifs is 1. The lowest BCUT2D eigenvalue weighted by Gasteiger charge is -2.05. The van der Waals surface area contributed by atoms with Gasteiger partial charge in [-0.15, -0.1) is 0 Å². The third-order valence-corrected chi connectivity index (χ3v) is 2.08. The molecule has 0 fully saturated rings. The minimum Gasteiger partial charge on any atom is -0.397 e. The Morgan fingerprint density at radius 1 is 1.50 bits per heavy atom. The molecule has 1 aromatic rings. The second-order valence-corrected chi connectivity index (χ2v) is 2.95. The fraction of sp³-hybridized carbons (Fsp3) is 0.125. The van der Waals surface area contributed by atoms with Gasteiger partial charge in [-0.3, -0.25) is 4.79 Å². The third-order valence-electron chi connectivity index (χ3n) is 2.08. The summed E-state index contributed by atoms with van der Waals surface area (Å²) in [5.41, 5.74) is 12.1. The van der Waals surface area contributed by atoms with E-state index in [1.807, 2.05) is 6.07 Å². The van der Waals surface area contributed by atoms with Gasteiger partial charge in [-0.05, 0) is 0 Å². The van der Waals surface area contributed by atoms with Gasteiger partial charge < -0.3 is 16.8 Å². The van der Waals surface area contributed by atoms with E-state index in [4.69, 9.17) is 16.7 Å². The number of nitriles is 1. The van der Waals surface area contributed by atoms with E-state index in [9.17, 15) is 4.79 Å². The molecule has 0 saturated carbocycles. The van der Waals surface area contributed by atoms with E-state index < -0.39 is 0 Å². The van der Waals surface area contributed by atoms with Crippen molar-refractivity contribution in [3.05, 3.63) is 11.1 Å². The molecule has 0 saturated heterocycles. The van der Waals surface area contributed by atoms with Gasteiger partial charge in [0.2, 0.25) is 5.91 Å². The third kappa shape index (κ3) is 0.959. The van der Waals surface area contributed by atoms with Crippen LogP contribution >= 0.6 is 0 Å². The number of amides is 1. The Hall–Kier alpha value is -2.29. The van der Waals surface area contributed by atoms with E-state index >= 15 is 0 Å². The van der Waals surface area contributed by atoms with Crippen molar-refractivity contribution >= 4 is 23.2 Å². The molecule has 0 bridgehead atoms. The van der Waals surface area contributed by atoms with Gasteiger partial charge in [0.1, 0.15) is 23.3 Å². The number of nitrogen functional groups attached to an aromatic ring is 2. The fourth-order valence-electron chi connectivity index (χ4n) is 1.40. The average molecular weight is 189 g/mol. The maximum atomic E-state index is 11.0. The molecule has 1 aliphatic rings. The zero-order valence-electron chi connectivity index (χ0n) is 7.16. The SMILES string of the molecule is N#Cc1c(N)nc2c(c1N)CC(=O)N2. The molecule has 6 heteroatoms. The summed E-state index contributed by atoms with van der Waals surface area (Å²) in [6.45, 7) is 0. The molecule has 14 heavy (non-hydrogen) atoms. The van der Waals surface area contributed by atoms with Crippen molar-refractivity contribution in [2.45, 2.75) is 6.42 Å². The lowest BCUT2D eigenvalue weighted by atomic mass is 10.1. The molecule has 1 aromatic heterocycles. The Balaban J connectivity index is 2.70. The number of pyridine rings is 1. The van der Waals surface area contributed by atoms with Crippen molar-refractivity contribution in [3.8, 4) is 6.07 Å². The summed E-state index contributed by atoms with van der Waals surface area (Å²) >= 11 is 0. The Labute approximate surface area is 79.5 Å². The number of aromatic nitrogens is 1. The maximum Gasteiger partial charge on any atom is 0.230 e. The number of rotatable bonds is 0. The number of carbonyl (C=O) groups is 1. The minimum atomic E-state index is -0.186. The number of nitrogens with two attached hydrogens (primary N) is 2. The van der Waals surface area contributed by atoms with Crippen LogP contribution in [0.4, 0.5) is 17.3 Å². The molecular weight excluding hydrogens is 182 g/mol. The predicted molar refractivity (Wildman–Crippen MR) is 50.1 cm³/mol. The second-order valence-electron chi connectivity index (χ2n) is 2.95. The van der Waals surface area contributed by atoms with Gasteiger partial charge in [0.25, 0.3) is 0 Å². The number of nitrogens with zero attached hydrogens (tertiary/aromatic N) is 2. The monoisotopic (exact) mass is 189 g/mol. The number of hydrogen-bond donors (Lipinski definition) is 3. The predicted octanol–water partition coefficient (Wildman–Crippen LogP) is -0.388. The van der Waals surface area contributed by atoms with Crippen molar-refractivity contribution < 1.29 is 4.79 Å². The number of nitrogens with one attached hydrogen (secondary N) is 1. The first kappa shape index (κ1) is 8.31. The molecule has 0 aromatic carbocycles. The standard InChI is InChI=1S/C8H7N5O/c9-2-4-6(10)3-1-5(14)12-8(3)13-7(4)11/h1H2,(H5,10,11,12,13,14). The van der Waals surface area contributed by atoms with Crippen LogP contribution in [0.5, 0.6) is 0 Å². The molecule has 2 rings (SSSR count). The van der Waals surface area contributed by atoms with Crippen LogP contribution in [-0.4, -0.2) is 10.9 Å². The molecule has 2 heterocycles. The molecule has 1 amide bonds. The summed E-state index contributed by atoms with van der Waals surface area (Å²) in [6, 6.07) is 1.86. The minimum absolute atomic E-state index is 0.0472. The van der Waals surface area contributed by atoms with E-state index in [-0.39, 0.29) is 29.4 Å². The zero-order valence-corrected chi connectivity index (χ0v) is 7.16. The van der Waals surface area contributed by atoms with Crippen molar-refractivity contribution in [2.24, 2.45) is 0 Å². The van der Waals surface area contributed by atoms with E-state index in [2.05, 4.69) is 10.3 Å². The van der Waals surface area contributed by atoms with Crippen LogP contribution in [0.15, 0.2) is 0 Å².